The Bertz CT molecular complexity index is 505. The predicted molar refractivity (Wildman–Crippen MR) is 77.3 cm³/mol. The zero-order valence-electron chi connectivity index (χ0n) is 11.1. The van der Waals surface area contributed by atoms with Gasteiger partial charge in [-0.15, -0.1) is 11.8 Å². The van der Waals surface area contributed by atoms with Gasteiger partial charge < -0.3 is 5.32 Å². The minimum Gasteiger partial charge on any atom is -0.309 e. The molecule has 0 amide bonds. The first-order chi connectivity index (χ1) is 8.70. The molecule has 1 N–H and O–H groups in total. The third-order valence-electron chi connectivity index (χ3n) is 2.67. The Morgan fingerprint density at radius 2 is 2.06 bits per heavy atom. The molecule has 1 aromatic carbocycles. The van der Waals surface area contributed by atoms with Crippen LogP contribution in [0.5, 0.6) is 0 Å². The van der Waals surface area contributed by atoms with E-state index in [2.05, 4.69) is 54.8 Å². The van der Waals surface area contributed by atoms with Crippen molar-refractivity contribution in [2.75, 3.05) is 6.26 Å². The molecule has 2 aromatic rings. The fourth-order valence-electron chi connectivity index (χ4n) is 1.72. The van der Waals surface area contributed by atoms with Crippen LogP contribution >= 0.6 is 11.8 Å². The van der Waals surface area contributed by atoms with Gasteiger partial charge >= 0.3 is 0 Å². The van der Waals surface area contributed by atoms with E-state index in [0.717, 1.165) is 17.9 Å². The summed E-state index contributed by atoms with van der Waals surface area (Å²) in [5.74, 6) is 0. The Balaban J connectivity index is 2.18. The number of aromatic nitrogens is 2. The van der Waals surface area contributed by atoms with Crippen LogP contribution in [0.1, 0.15) is 19.5 Å². The first-order valence-corrected chi connectivity index (χ1v) is 7.34. The lowest BCUT2D eigenvalue weighted by Crippen LogP contribution is -2.22. The third kappa shape index (κ3) is 3.15. The van der Waals surface area contributed by atoms with E-state index in [-0.39, 0.29) is 0 Å². The second kappa shape index (κ2) is 6.07. The minimum atomic E-state index is 0.480. The van der Waals surface area contributed by atoms with Crippen LogP contribution in [0.4, 0.5) is 0 Å². The number of nitrogens with zero attached hydrogens (tertiary/aromatic N) is 2. The number of rotatable bonds is 5. The molecule has 0 saturated heterocycles. The summed E-state index contributed by atoms with van der Waals surface area (Å²) in [5.41, 5.74) is 2.21. The van der Waals surface area contributed by atoms with Crippen LogP contribution in [0, 0.1) is 0 Å². The van der Waals surface area contributed by atoms with Crippen molar-refractivity contribution in [2.24, 2.45) is 0 Å². The van der Waals surface area contributed by atoms with Crippen LogP contribution in [0.25, 0.3) is 5.69 Å². The second-order valence-electron chi connectivity index (χ2n) is 4.46. The molecule has 0 atom stereocenters. The maximum atomic E-state index is 4.60. The standard InChI is InChI=1S/C14H19N3S/c1-11(2)15-10-12-8-9-17(16-12)13-6-4-5-7-14(13)18-3/h4-9,11,15H,10H2,1-3H3. The van der Waals surface area contributed by atoms with Crippen LogP contribution in [0.3, 0.4) is 0 Å². The highest BCUT2D eigenvalue weighted by Gasteiger charge is 2.05. The molecule has 0 aliphatic rings. The topological polar surface area (TPSA) is 29.9 Å². The third-order valence-corrected chi connectivity index (χ3v) is 3.45. The van der Waals surface area contributed by atoms with Gasteiger partial charge in [0.15, 0.2) is 0 Å². The highest BCUT2D eigenvalue weighted by molar-refractivity contribution is 7.98. The second-order valence-corrected chi connectivity index (χ2v) is 5.31. The summed E-state index contributed by atoms with van der Waals surface area (Å²) in [7, 11) is 0. The maximum absolute atomic E-state index is 4.60. The Labute approximate surface area is 113 Å². The molecule has 0 aliphatic carbocycles. The molecule has 0 unspecified atom stereocenters. The van der Waals surface area contributed by atoms with Crippen LogP contribution in [0.2, 0.25) is 0 Å². The first kappa shape index (κ1) is 13.2. The zero-order valence-corrected chi connectivity index (χ0v) is 11.9. The molecule has 0 spiro atoms. The fourth-order valence-corrected chi connectivity index (χ4v) is 2.30. The zero-order chi connectivity index (χ0) is 13.0. The molecular formula is C14H19N3S. The van der Waals surface area contributed by atoms with Crippen molar-refractivity contribution < 1.29 is 0 Å². The number of hydrogen-bond acceptors (Lipinski definition) is 3. The van der Waals surface area contributed by atoms with Crippen LogP contribution in [0.15, 0.2) is 41.4 Å². The molecule has 0 aliphatic heterocycles. The molecule has 3 nitrogen and oxygen atoms in total. The molecule has 0 fully saturated rings. The molecule has 1 heterocycles. The maximum Gasteiger partial charge on any atom is 0.0781 e. The highest BCUT2D eigenvalue weighted by Crippen LogP contribution is 2.22. The van der Waals surface area contributed by atoms with Gasteiger partial charge in [0.2, 0.25) is 0 Å². The van der Waals surface area contributed by atoms with E-state index in [0.29, 0.717) is 6.04 Å². The smallest absolute Gasteiger partial charge is 0.0781 e. The highest BCUT2D eigenvalue weighted by atomic mass is 32.2. The number of thioether (sulfide) groups is 1. The van der Waals surface area contributed by atoms with Gasteiger partial charge in [-0.05, 0) is 24.5 Å². The Kier molecular flexibility index (Phi) is 4.44. The number of para-hydroxylation sites is 1. The molecule has 0 radical (unpaired) electrons. The SMILES string of the molecule is CSc1ccccc1-n1ccc(CNC(C)C)n1. The lowest BCUT2D eigenvalue weighted by molar-refractivity contribution is 0.578. The minimum absolute atomic E-state index is 0.480. The van der Waals surface area contributed by atoms with E-state index in [9.17, 15) is 0 Å². The van der Waals surface area contributed by atoms with Crippen molar-refractivity contribution in [3.8, 4) is 5.69 Å². The van der Waals surface area contributed by atoms with Crippen molar-refractivity contribution >= 4 is 11.8 Å². The summed E-state index contributed by atoms with van der Waals surface area (Å²) in [6.07, 6.45) is 4.11. The average molecular weight is 261 g/mol. The first-order valence-electron chi connectivity index (χ1n) is 6.12. The number of hydrogen-bond donors (Lipinski definition) is 1. The van der Waals surface area contributed by atoms with Crippen molar-refractivity contribution in [1.82, 2.24) is 15.1 Å². The van der Waals surface area contributed by atoms with Crippen LogP contribution < -0.4 is 5.32 Å². The monoisotopic (exact) mass is 261 g/mol. The van der Waals surface area contributed by atoms with Gasteiger partial charge in [-0.25, -0.2) is 4.68 Å². The van der Waals surface area contributed by atoms with Gasteiger partial charge in [-0.1, -0.05) is 26.0 Å². The lowest BCUT2D eigenvalue weighted by atomic mass is 10.3. The number of benzene rings is 1. The average Bonchev–Trinajstić information content (AvgIpc) is 2.85. The Hall–Kier alpha value is -1.26. The van der Waals surface area contributed by atoms with Gasteiger partial charge in [-0.3, -0.25) is 0 Å². The molecule has 0 saturated carbocycles. The fraction of sp³-hybridized carbons (Fsp3) is 0.357. The summed E-state index contributed by atoms with van der Waals surface area (Å²) in [4.78, 5) is 1.24. The van der Waals surface area contributed by atoms with E-state index in [1.165, 1.54) is 4.90 Å². The van der Waals surface area contributed by atoms with E-state index < -0.39 is 0 Å². The molecule has 2 rings (SSSR count). The molecule has 18 heavy (non-hydrogen) atoms. The molecule has 0 bridgehead atoms. The van der Waals surface area contributed by atoms with Gasteiger partial charge in [0.25, 0.3) is 0 Å². The molecule has 1 aromatic heterocycles. The van der Waals surface area contributed by atoms with Gasteiger partial charge in [-0.2, -0.15) is 5.10 Å². The number of nitrogens with one attached hydrogen (secondary N) is 1. The summed E-state index contributed by atoms with van der Waals surface area (Å²) >= 11 is 1.74. The van der Waals surface area contributed by atoms with E-state index in [1.807, 2.05) is 16.9 Å². The van der Waals surface area contributed by atoms with Gasteiger partial charge in [0.1, 0.15) is 0 Å². The van der Waals surface area contributed by atoms with E-state index >= 15 is 0 Å². The van der Waals surface area contributed by atoms with Crippen LogP contribution in [-0.4, -0.2) is 22.1 Å². The normalized spacial score (nSPS) is 11.1. The summed E-state index contributed by atoms with van der Waals surface area (Å²) in [6, 6.07) is 10.9. The van der Waals surface area contributed by atoms with E-state index in [1.54, 1.807) is 11.8 Å². The van der Waals surface area contributed by atoms with Crippen molar-refractivity contribution in [2.45, 2.75) is 31.3 Å². The van der Waals surface area contributed by atoms with Gasteiger partial charge in [0.05, 0.1) is 11.4 Å². The molecule has 4 heteroatoms. The Morgan fingerprint density at radius 3 is 2.78 bits per heavy atom. The van der Waals surface area contributed by atoms with Crippen molar-refractivity contribution in [1.29, 1.82) is 0 Å². The van der Waals surface area contributed by atoms with Crippen LogP contribution in [-0.2, 0) is 6.54 Å². The summed E-state index contributed by atoms with van der Waals surface area (Å²) in [5, 5.41) is 7.98. The van der Waals surface area contributed by atoms with Crippen molar-refractivity contribution in [3.05, 3.63) is 42.2 Å². The molecule has 96 valence electrons. The predicted octanol–water partition coefficient (Wildman–Crippen LogP) is 3.09. The summed E-state index contributed by atoms with van der Waals surface area (Å²) in [6.45, 7) is 5.09. The van der Waals surface area contributed by atoms with E-state index in [4.69, 9.17) is 0 Å². The molecular weight excluding hydrogens is 242 g/mol. The quantitative estimate of drug-likeness (QED) is 0.839. The van der Waals surface area contributed by atoms with Crippen molar-refractivity contribution in [3.63, 3.8) is 0 Å². The van der Waals surface area contributed by atoms with Gasteiger partial charge in [0, 0.05) is 23.7 Å². The largest absolute Gasteiger partial charge is 0.309 e. The summed E-state index contributed by atoms with van der Waals surface area (Å²) < 4.78 is 1.95. The Morgan fingerprint density at radius 1 is 1.28 bits per heavy atom. The lowest BCUT2D eigenvalue weighted by Gasteiger charge is -2.07.